The van der Waals surface area contributed by atoms with Crippen molar-refractivity contribution in [2.75, 3.05) is 58.3 Å². The summed E-state index contributed by atoms with van der Waals surface area (Å²) in [6.07, 6.45) is 9.71. The van der Waals surface area contributed by atoms with Gasteiger partial charge >= 0.3 is 0 Å². The Kier molecular flexibility index (Phi) is 5.74. The van der Waals surface area contributed by atoms with Crippen LogP contribution in [0.2, 0.25) is 0 Å². The van der Waals surface area contributed by atoms with Crippen LogP contribution in [-0.4, -0.2) is 88.8 Å². The lowest BCUT2D eigenvalue weighted by Crippen LogP contribution is -2.52. The number of hydrogen-bond donors (Lipinski definition) is 0. The molecule has 0 aliphatic carbocycles. The van der Waals surface area contributed by atoms with Crippen molar-refractivity contribution >= 4 is 22.2 Å². The first-order valence-electron chi connectivity index (χ1n) is 12.2. The van der Waals surface area contributed by atoms with Crippen LogP contribution < -0.4 is 9.64 Å². The molecule has 35 heavy (non-hydrogen) atoms. The summed E-state index contributed by atoms with van der Waals surface area (Å²) in [5.41, 5.74) is 3.80. The fraction of sp³-hybridized carbons (Fsp3) is 0.423. The number of piperazine rings is 1. The molecule has 1 aromatic carbocycles. The molecule has 2 aliphatic rings. The van der Waals surface area contributed by atoms with E-state index < -0.39 is 5.82 Å². The molecule has 0 atom stereocenters. The quantitative estimate of drug-likeness (QED) is 0.449. The van der Waals surface area contributed by atoms with Gasteiger partial charge in [-0.3, -0.25) is 9.88 Å². The second-order valence-electron chi connectivity index (χ2n) is 9.53. The minimum Gasteiger partial charge on any atom is -0.494 e. The molecule has 0 amide bonds. The smallest absolute Gasteiger partial charge is 0.175 e. The highest BCUT2D eigenvalue weighted by atomic mass is 19.1. The standard InChI is InChI=1S/C26H30FN7O/c1-31-11-13-33(14-12-31)18-6-9-32(10-7-18)19-15-29-26-21(16-30-34(26)17-19)20-5-8-28-22-3-4-23(35-2)25(27)24(20)22/h3-5,8,15-18H,6-7,9-14H2,1-2H3. The molecule has 0 spiro atoms. The van der Waals surface area contributed by atoms with E-state index in [1.165, 1.54) is 20.2 Å². The predicted molar refractivity (Wildman–Crippen MR) is 135 cm³/mol. The van der Waals surface area contributed by atoms with Crippen molar-refractivity contribution in [3.8, 4) is 16.9 Å². The number of rotatable bonds is 4. The van der Waals surface area contributed by atoms with Crippen molar-refractivity contribution in [2.45, 2.75) is 18.9 Å². The van der Waals surface area contributed by atoms with E-state index in [-0.39, 0.29) is 5.75 Å². The zero-order valence-corrected chi connectivity index (χ0v) is 20.2. The fourth-order valence-corrected chi connectivity index (χ4v) is 5.46. The van der Waals surface area contributed by atoms with E-state index in [0.717, 1.165) is 50.3 Å². The summed E-state index contributed by atoms with van der Waals surface area (Å²) in [6.45, 7) is 6.68. The number of anilines is 1. The van der Waals surface area contributed by atoms with Crippen LogP contribution in [-0.2, 0) is 0 Å². The minimum absolute atomic E-state index is 0.193. The normalized spacial score (nSPS) is 18.5. The van der Waals surface area contributed by atoms with Gasteiger partial charge in [0.1, 0.15) is 0 Å². The molecule has 182 valence electrons. The van der Waals surface area contributed by atoms with Crippen molar-refractivity contribution < 1.29 is 9.13 Å². The van der Waals surface area contributed by atoms with Crippen LogP contribution in [0, 0.1) is 5.82 Å². The highest BCUT2D eigenvalue weighted by molar-refractivity contribution is 5.98. The second kappa shape index (κ2) is 9.05. The van der Waals surface area contributed by atoms with Gasteiger partial charge in [-0.1, -0.05) is 0 Å². The first kappa shape index (κ1) is 22.2. The van der Waals surface area contributed by atoms with Gasteiger partial charge < -0.3 is 14.5 Å². The molecule has 4 aromatic rings. The highest BCUT2D eigenvalue weighted by Gasteiger charge is 2.27. The molecule has 2 fully saturated rings. The summed E-state index contributed by atoms with van der Waals surface area (Å²) in [6, 6.07) is 5.84. The van der Waals surface area contributed by atoms with Crippen molar-refractivity contribution in [3.05, 3.63) is 48.8 Å². The Morgan fingerprint density at radius 1 is 0.943 bits per heavy atom. The number of hydrogen-bond acceptors (Lipinski definition) is 7. The number of pyridine rings is 1. The van der Waals surface area contributed by atoms with E-state index in [1.54, 1.807) is 35.1 Å². The third kappa shape index (κ3) is 3.98. The molecular weight excluding hydrogens is 445 g/mol. The zero-order valence-electron chi connectivity index (χ0n) is 20.2. The zero-order chi connectivity index (χ0) is 23.9. The molecule has 0 unspecified atom stereocenters. The van der Waals surface area contributed by atoms with Gasteiger partial charge in [-0.15, -0.1) is 0 Å². The first-order valence-corrected chi connectivity index (χ1v) is 12.2. The number of piperidine rings is 1. The van der Waals surface area contributed by atoms with Gasteiger partial charge in [0.25, 0.3) is 0 Å². The lowest BCUT2D eigenvalue weighted by atomic mass is 10.0. The summed E-state index contributed by atoms with van der Waals surface area (Å²) in [5.74, 6) is -0.231. The van der Waals surface area contributed by atoms with Crippen LogP contribution in [0.3, 0.4) is 0 Å². The summed E-state index contributed by atoms with van der Waals surface area (Å²) in [7, 11) is 3.67. The topological polar surface area (TPSA) is 62.0 Å². The van der Waals surface area contributed by atoms with Crippen LogP contribution >= 0.6 is 0 Å². The van der Waals surface area contributed by atoms with Crippen LogP contribution in [0.1, 0.15) is 12.8 Å². The van der Waals surface area contributed by atoms with Crippen molar-refractivity contribution in [3.63, 3.8) is 0 Å². The van der Waals surface area contributed by atoms with E-state index in [4.69, 9.17) is 9.72 Å². The Balaban J connectivity index is 1.26. The molecule has 8 nitrogen and oxygen atoms in total. The van der Waals surface area contributed by atoms with Crippen LogP contribution in [0.25, 0.3) is 27.7 Å². The van der Waals surface area contributed by atoms with Crippen LogP contribution in [0.15, 0.2) is 43.0 Å². The largest absolute Gasteiger partial charge is 0.494 e. The number of aromatic nitrogens is 4. The van der Waals surface area contributed by atoms with Crippen molar-refractivity contribution in [1.29, 1.82) is 0 Å². The Morgan fingerprint density at radius 2 is 1.74 bits per heavy atom. The number of methoxy groups -OCH3 is 1. The second-order valence-corrected chi connectivity index (χ2v) is 9.53. The highest BCUT2D eigenvalue weighted by Crippen LogP contribution is 2.35. The maximum Gasteiger partial charge on any atom is 0.175 e. The molecule has 3 aromatic heterocycles. The maximum atomic E-state index is 15.2. The molecule has 0 saturated carbocycles. The summed E-state index contributed by atoms with van der Waals surface area (Å²) < 4.78 is 22.2. The number of halogens is 1. The van der Waals surface area contributed by atoms with Gasteiger partial charge in [0.05, 0.1) is 36.9 Å². The molecule has 2 saturated heterocycles. The van der Waals surface area contributed by atoms with Crippen molar-refractivity contribution in [1.82, 2.24) is 29.4 Å². The van der Waals surface area contributed by atoms with E-state index in [0.29, 0.717) is 28.2 Å². The summed E-state index contributed by atoms with van der Waals surface area (Å²) in [4.78, 5) is 16.6. The number of benzene rings is 1. The van der Waals surface area contributed by atoms with E-state index in [2.05, 4.69) is 31.8 Å². The fourth-order valence-electron chi connectivity index (χ4n) is 5.46. The number of fused-ring (bicyclic) bond motifs is 2. The molecule has 2 aliphatic heterocycles. The molecule has 0 N–H and O–H groups in total. The van der Waals surface area contributed by atoms with Gasteiger partial charge in [-0.05, 0) is 38.1 Å². The molecule has 5 heterocycles. The average Bonchev–Trinajstić information content (AvgIpc) is 3.32. The Morgan fingerprint density at radius 3 is 2.51 bits per heavy atom. The van der Waals surface area contributed by atoms with E-state index in [9.17, 15) is 0 Å². The van der Waals surface area contributed by atoms with Gasteiger partial charge in [0.2, 0.25) is 0 Å². The molecule has 0 bridgehead atoms. The Bertz CT molecular complexity index is 1360. The number of nitrogens with zero attached hydrogens (tertiary/aromatic N) is 7. The van der Waals surface area contributed by atoms with E-state index in [1.807, 2.05) is 12.4 Å². The van der Waals surface area contributed by atoms with E-state index >= 15 is 4.39 Å². The first-order chi connectivity index (χ1) is 17.1. The number of likely N-dealkylation sites (N-methyl/N-ethyl adjacent to an activating group) is 1. The Hall–Kier alpha value is -3.30. The molecule has 6 rings (SSSR count). The predicted octanol–water partition coefficient (Wildman–Crippen LogP) is 3.31. The SMILES string of the molecule is COc1ccc2nccc(-c3cnn4cc(N5CCC(N6CCN(C)CC6)CC5)cnc34)c2c1F. The van der Waals surface area contributed by atoms with Crippen LogP contribution in [0.4, 0.5) is 10.1 Å². The minimum atomic E-state index is -0.424. The maximum absolute atomic E-state index is 15.2. The van der Waals surface area contributed by atoms with Gasteiger partial charge in [0, 0.05) is 68.0 Å². The molecular formula is C26H30FN7O. The third-order valence-corrected chi connectivity index (χ3v) is 7.55. The van der Waals surface area contributed by atoms with Gasteiger partial charge in [-0.25, -0.2) is 13.9 Å². The number of ether oxygens (including phenoxy) is 1. The van der Waals surface area contributed by atoms with Crippen LogP contribution in [0.5, 0.6) is 5.75 Å². The molecule has 0 radical (unpaired) electrons. The summed E-state index contributed by atoms with van der Waals surface area (Å²) in [5, 5.41) is 4.98. The monoisotopic (exact) mass is 475 g/mol. The van der Waals surface area contributed by atoms with Gasteiger partial charge in [-0.2, -0.15) is 5.10 Å². The lowest BCUT2D eigenvalue weighted by Gasteiger charge is -2.42. The van der Waals surface area contributed by atoms with Gasteiger partial charge in [0.15, 0.2) is 17.2 Å². The third-order valence-electron chi connectivity index (χ3n) is 7.55. The average molecular weight is 476 g/mol. The summed E-state index contributed by atoms with van der Waals surface area (Å²) >= 11 is 0. The molecule has 9 heteroatoms. The van der Waals surface area contributed by atoms with Crippen molar-refractivity contribution in [2.24, 2.45) is 0 Å². The Labute approximate surface area is 203 Å². The lowest BCUT2D eigenvalue weighted by molar-refractivity contribution is 0.0982.